The van der Waals surface area contributed by atoms with Crippen molar-refractivity contribution in [3.63, 3.8) is 0 Å². The lowest BCUT2D eigenvalue weighted by molar-refractivity contribution is -0.115. The topological polar surface area (TPSA) is 52.6 Å². The molecule has 0 saturated carbocycles. The van der Waals surface area contributed by atoms with Gasteiger partial charge in [-0.15, -0.1) is 0 Å². The number of halogens is 1. The van der Waals surface area contributed by atoms with Gasteiger partial charge in [0.1, 0.15) is 5.82 Å². The lowest BCUT2D eigenvalue weighted by atomic mass is 9.97. The molecule has 0 atom stereocenters. The minimum absolute atomic E-state index is 0.151. The molecule has 0 saturated heterocycles. The van der Waals surface area contributed by atoms with Crippen LogP contribution in [0.3, 0.4) is 0 Å². The summed E-state index contributed by atoms with van der Waals surface area (Å²) in [5, 5.41) is 12.2. The van der Waals surface area contributed by atoms with Gasteiger partial charge in [0.05, 0.1) is 0 Å². The number of unbranched alkanes of at least 4 members (excludes halogenated alkanes) is 1. The maximum atomic E-state index is 12.9. The van der Waals surface area contributed by atoms with Crippen LogP contribution in [-0.4, -0.2) is 40.7 Å². The third-order valence-corrected chi connectivity index (χ3v) is 5.10. The van der Waals surface area contributed by atoms with E-state index in [1.165, 1.54) is 36.6 Å². The number of rotatable bonds is 9. The Kier molecular flexibility index (Phi) is 9.86. The average molecular weight is 405 g/mol. The fraction of sp³-hybridized carbons (Fsp3) is 0.455. The first-order valence-electron chi connectivity index (χ1n) is 9.91. The summed E-state index contributed by atoms with van der Waals surface area (Å²) < 4.78 is 12.9. The molecule has 0 fully saturated rings. The molecule has 0 radical (unpaired) electrons. The molecule has 0 bridgehead atoms. The van der Waals surface area contributed by atoms with E-state index in [0.29, 0.717) is 18.1 Å². The zero-order valence-corrected chi connectivity index (χ0v) is 17.0. The van der Waals surface area contributed by atoms with E-state index in [1.54, 1.807) is 18.2 Å². The second-order valence-electron chi connectivity index (χ2n) is 6.96. The maximum absolute atomic E-state index is 12.9. The van der Waals surface area contributed by atoms with Gasteiger partial charge in [0.2, 0.25) is 5.91 Å². The second kappa shape index (κ2) is 12.4. The van der Waals surface area contributed by atoms with Crippen LogP contribution in [0.2, 0.25) is 0 Å². The summed E-state index contributed by atoms with van der Waals surface area (Å²) in [6.07, 6.45) is 12.6. The molecule has 0 aliphatic heterocycles. The molecule has 1 amide bonds. The largest absolute Gasteiger partial charge is 0.396 e. The first-order chi connectivity index (χ1) is 13.6. The van der Waals surface area contributed by atoms with E-state index in [9.17, 15) is 9.18 Å². The van der Waals surface area contributed by atoms with Crippen LogP contribution in [0.4, 0.5) is 4.39 Å². The summed E-state index contributed by atoms with van der Waals surface area (Å²) >= 11 is 5.44. The highest BCUT2D eigenvalue weighted by atomic mass is 32.1. The van der Waals surface area contributed by atoms with Crippen molar-refractivity contribution in [2.24, 2.45) is 0 Å². The van der Waals surface area contributed by atoms with Gasteiger partial charge >= 0.3 is 0 Å². The zero-order valence-electron chi connectivity index (χ0n) is 16.2. The Bertz CT molecular complexity index is 701. The van der Waals surface area contributed by atoms with E-state index in [4.69, 9.17) is 17.3 Å². The standard InChI is InChI=1S/C22H29FN2O2S/c23-20-11-8-19(9-12-20)10-13-21(27)24-22(28)25(15-4-5-17-26)16-14-18-6-2-1-3-7-18/h6,8-13,26H,1-5,7,14-17H2,(H,24,27,28)/b13-10+. The zero-order chi connectivity index (χ0) is 20.2. The third-order valence-electron chi connectivity index (χ3n) is 4.74. The maximum Gasteiger partial charge on any atom is 0.250 e. The second-order valence-corrected chi connectivity index (χ2v) is 7.34. The quantitative estimate of drug-likeness (QED) is 0.280. The predicted octanol–water partition coefficient (Wildman–Crippen LogP) is 4.21. The minimum atomic E-state index is -0.311. The van der Waals surface area contributed by atoms with E-state index in [-0.39, 0.29) is 18.3 Å². The number of nitrogens with one attached hydrogen (secondary N) is 1. The fourth-order valence-corrected chi connectivity index (χ4v) is 3.39. The molecule has 152 valence electrons. The Morgan fingerprint density at radius 1 is 1.21 bits per heavy atom. The molecule has 1 aliphatic rings. The van der Waals surface area contributed by atoms with Crippen LogP contribution in [0.15, 0.2) is 42.0 Å². The number of carbonyl (C=O) groups excluding carboxylic acids is 1. The van der Waals surface area contributed by atoms with Crippen LogP contribution in [0.5, 0.6) is 0 Å². The Labute approximate surface area is 172 Å². The predicted molar refractivity (Wildman–Crippen MR) is 115 cm³/mol. The van der Waals surface area contributed by atoms with Gasteiger partial charge in [0, 0.05) is 25.8 Å². The van der Waals surface area contributed by atoms with Crippen molar-refractivity contribution in [2.75, 3.05) is 19.7 Å². The van der Waals surface area contributed by atoms with Crippen molar-refractivity contribution in [1.82, 2.24) is 10.2 Å². The third kappa shape index (κ3) is 8.31. The van der Waals surface area contributed by atoms with Crippen LogP contribution in [0.1, 0.15) is 50.5 Å². The highest BCUT2D eigenvalue weighted by Crippen LogP contribution is 2.20. The summed E-state index contributed by atoms with van der Waals surface area (Å²) in [6, 6.07) is 5.92. The van der Waals surface area contributed by atoms with Crippen molar-refractivity contribution in [3.05, 3.63) is 53.4 Å². The van der Waals surface area contributed by atoms with Crippen LogP contribution in [0.25, 0.3) is 6.08 Å². The molecule has 1 aromatic carbocycles. The number of amides is 1. The van der Waals surface area contributed by atoms with Gasteiger partial charge in [-0.2, -0.15) is 0 Å². The van der Waals surface area contributed by atoms with Crippen molar-refractivity contribution >= 4 is 29.3 Å². The van der Waals surface area contributed by atoms with Gasteiger partial charge in [-0.3, -0.25) is 10.1 Å². The molecule has 0 spiro atoms. The van der Waals surface area contributed by atoms with Gasteiger partial charge in [0.15, 0.2) is 5.11 Å². The Morgan fingerprint density at radius 2 is 2.00 bits per heavy atom. The van der Waals surface area contributed by atoms with Gasteiger partial charge in [-0.25, -0.2) is 4.39 Å². The Hall–Kier alpha value is -2.05. The number of benzene rings is 1. The van der Waals surface area contributed by atoms with E-state index in [1.807, 2.05) is 4.90 Å². The Morgan fingerprint density at radius 3 is 2.68 bits per heavy atom. The SMILES string of the molecule is O=C(/C=C/c1ccc(F)cc1)NC(=S)N(CCCCO)CCC1=CCCCC1. The van der Waals surface area contributed by atoms with Crippen molar-refractivity contribution in [3.8, 4) is 0 Å². The Balaban J connectivity index is 1.88. The average Bonchev–Trinajstić information content (AvgIpc) is 2.71. The number of aliphatic hydroxyl groups excluding tert-OH is 1. The summed E-state index contributed by atoms with van der Waals surface area (Å²) in [6.45, 7) is 1.62. The number of carbonyl (C=O) groups is 1. The molecular formula is C22H29FN2O2S. The first kappa shape index (κ1) is 22.2. The fourth-order valence-electron chi connectivity index (χ4n) is 3.11. The van der Waals surface area contributed by atoms with Gasteiger partial charge in [-0.05, 0) is 80.9 Å². The number of thiocarbonyl (C=S) groups is 1. The molecule has 1 aliphatic carbocycles. The van der Waals surface area contributed by atoms with E-state index >= 15 is 0 Å². The summed E-state index contributed by atoms with van der Waals surface area (Å²) in [7, 11) is 0. The van der Waals surface area contributed by atoms with Gasteiger partial charge < -0.3 is 10.0 Å². The van der Waals surface area contributed by atoms with Gasteiger partial charge in [-0.1, -0.05) is 23.8 Å². The molecule has 0 unspecified atom stereocenters. The van der Waals surface area contributed by atoms with Crippen molar-refractivity contribution in [2.45, 2.75) is 44.9 Å². The molecule has 2 rings (SSSR count). The summed E-state index contributed by atoms with van der Waals surface area (Å²) in [4.78, 5) is 14.2. The normalized spacial score (nSPS) is 14.0. The van der Waals surface area contributed by atoms with Crippen LogP contribution in [-0.2, 0) is 4.79 Å². The molecular weight excluding hydrogens is 375 g/mol. The lowest BCUT2D eigenvalue weighted by Crippen LogP contribution is -2.43. The van der Waals surface area contributed by atoms with Crippen LogP contribution < -0.4 is 5.32 Å². The smallest absolute Gasteiger partial charge is 0.250 e. The van der Waals surface area contributed by atoms with E-state index in [0.717, 1.165) is 37.8 Å². The molecule has 2 N–H and O–H groups in total. The first-order valence-corrected chi connectivity index (χ1v) is 10.3. The number of aliphatic hydroxyl groups is 1. The van der Waals surface area contributed by atoms with Crippen molar-refractivity contribution in [1.29, 1.82) is 0 Å². The highest BCUT2D eigenvalue weighted by molar-refractivity contribution is 7.80. The number of nitrogens with zero attached hydrogens (tertiary/aromatic N) is 1. The number of hydrogen-bond acceptors (Lipinski definition) is 3. The molecule has 1 aromatic rings. The van der Waals surface area contributed by atoms with E-state index < -0.39 is 0 Å². The number of hydrogen-bond donors (Lipinski definition) is 2. The van der Waals surface area contributed by atoms with Crippen LogP contribution in [0, 0.1) is 5.82 Å². The minimum Gasteiger partial charge on any atom is -0.396 e. The molecule has 28 heavy (non-hydrogen) atoms. The monoisotopic (exact) mass is 404 g/mol. The highest BCUT2D eigenvalue weighted by Gasteiger charge is 2.13. The van der Waals surface area contributed by atoms with Crippen molar-refractivity contribution < 1.29 is 14.3 Å². The molecule has 0 heterocycles. The van der Waals surface area contributed by atoms with Gasteiger partial charge in [0.25, 0.3) is 0 Å². The summed E-state index contributed by atoms with van der Waals surface area (Å²) in [5.74, 6) is -0.618. The van der Waals surface area contributed by atoms with Crippen LogP contribution >= 0.6 is 12.2 Å². The number of allylic oxidation sites excluding steroid dienone is 1. The molecule has 4 nitrogen and oxygen atoms in total. The molecule has 6 heteroatoms. The van der Waals surface area contributed by atoms with E-state index in [2.05, 4.69) is 11.4 Å². The molecule has 0 aromatic heterocycles. The summed E-state index contributed by atoms with van der Waals surface area (Å²) in [5.41, 5.74) is 2.20. The lowest BCUT2D eigenvalue weighted by Gasteiger charge is -2.26.